The standard InChI is InChI=1S/C21H30N6O2/c1-5-26-8-9-27(12-21(26)28)20-11-19(23-13-24-20)15(4)17-10-16(29-14(2)3)6-7-18(17)25-22/h6-7,11,13-14,16,25H,4-5,8-10,12,22H2,1-3H3/t16-/m0/s1. The molecule has 8 nitrogen and oxygen atoms in total. The number of piperazine rings is 1. The van der Waals surface area contributed by atoms with Gasteiger partial charge >= 0.3 is 0 Å². The molecule has 156 valence electrons. The van der Waals surface area contributed by atoms with Gasteiger partial charge in [-0.25, -0.2) is 9.97 Å². The number of aromatic nitrogens is 2. The van der Waals surface area contributed by atoms with E-state index in [1.807, 2.05) is 48.8 Å². The maximum atomic E-state index is 12.3. The van der Waals surface area contributed by atoms with Gasteiger partial charge in [0.2, 0.25) is 5.91 Å². The Hall–Kier alpha value is -2.71. The van der Waals surface area contributed by atoms with Crippen molar-refractivity contribution in [3.8, 4) is 0 Å². The summed E-state index contributed by atoms with van der Waals surface area (Å²) in [7, 11) is 0. The topological polar surface area (TPSA) is 96.6 Å². The van der Waals surface area contributed by atoms with Crippen LogP contribution >= 0.6 is 0 Å². The average Bonchev–Trinajstić information content (AvgIpc) is 2.72. The fourth-order valence-electron chi connectivity index (χ4n) is 3.63. The molecule has 2 aliphatic rings. The number of rotatable bonds is 7. The van der Waals surface area contributed by atoms with E-state index in [2.05, 4.69) is 22.0 Å². The highest BCUT2D eigenvalue weighted by Crippen LogP contribution is 2.31. The molecule has 29 heavy (non-hydrogen) atoms. The van der Waals surface area contributed by atoms with Gasteiger partial charge in [0.15, 0.2) is 0 Å². The number of anilines is 1. The molecule has 0 unspecified atom stereocenters. The summed E-state index contributed by atoms with van der Waals surface area (Å²) in [5.41, 5.74) is 5.97. The van der Waals surface area contributed by atoms with Crippen LogP contribution in [0.3, 0.4) is 0 Å². The number of hydrogen-bond donors (Lipinski definition) is 2. The summed E-state index contributed by atoms with van der Waals surface area (Å²) in [4.78, 5) is 24.9. The molecule has 0 aromatic carbocycles. The first kappa shape index (κ1) is 21.0. The second-order valence-electron chi connectivity index (χ2n) is 7.46. The third kappa shape index (κ3) is 4.83. The van der Waals surface area contributed by atoms with Gasteiger partial charge in [0.1, 0.15) is 12.1 Å². The van der Waals surface area contributed by atoms with E-state index in [-0.39, 0.29) is 18.1 Å². The first-order valence-electron chi connectivity index (χ1n) is 10.0. The largest absolute Gasteiger partial charge is 0.371 e. The highest BCUT2D eigenvalue weighted by molar-refractivity contribution is 5.83. The lowest BCUT2D eigenvalue weighted by Gasteiger charge is -2.34. The smallest absolute Gasteiger partial charge is 0.242 e. The fraction of sp³-hybridized carbons (Fsp3) is 0.476. The van der Waals surface area contributed by atoms with E-state index in [4.69, 9.17) is 10.6 Å². The monoisotopic (exact) mass is 398 g/mol. The van der Waals surface area contributed by atoms with Gasteiger partial charge in [0.25, 0.3) is 0 Å². The highest BCUT2D eigenvalue weighted by Gasteiger charge is 2.25. The molecule has 1 fully saturated rings. The normalized spacial score (nSPS) is 19.9. The average molecular weight is 399 g/mol. The van der Waals surface area contributed by atoms with E-state index >= 15 is 0 Å². The van der Waals surface area contributed by atoms with Crippen molar-refractivity contribution in [1.82, 2.24) is 20.3 Å². The molecule has 0 radical (unpaired) electrons. The lowest BCUT2D eigenvalue weighted by Crippen LogP contribution is -2.50. The molecule has 3 N–H and O–H groups in total. The second kappa shape index (κ2) is 9.19. The van der Waals surface area contributed by atoms with Crippen LogP contribution in [0, 0.1) is 0 Å². The molecule has 1 atom stereocenters. The number of nitrogens with two attached hydrogens (primary N) is 1. The number of carbonyl (C=O) groups excluding carboxylic acids is 1. The number of nitrogens with zero attached hydrogens (tertiary/aromatic N) is 4. The Morgan fingerprint density at radius 2 is 2.21 bits per heavy atom. The van der Waals surface area contributed by atoms with Crippen molar-refractivity contribution in [1.29, 1.82) is 0 Å². The van der Waals surface area contributed by atoms with Crippen LogP contribution in [-0.4, -0.2) is 59.2 Å². The molecule has 2 heterocycles. The van der Waals surface area contributed by atoms with Crippen LogP contribution in [0.4, 0.5) is 5.82 Å². The summed E-state index contributed by atoms with van der Waals surface area (Å²) in [6.07, 6.45) is 6.16. The van der Waals surface area contributed by atoms with Gasteiger partial charge in [-0.05, 0) is 38.0 Å². The first-order valence-corrected chi connectivity index (χ1v) is 10.0. The second-order valence-corrected chi connectivity index (χ2v) is 7.46. The van der Waals surface area contributed by atoms with Crippen LogP contribution in [0.2, 0.25) is 0 Å². The molecule has 3 rings (SSSR count). The summed E-state index contributed by atoms with van der Waals surface area (Å²) in [5.74, 6) is 6.56. The van der Waals surface area contributed by atoms with E-state index in [9.17, 15) is 4.79 Å². The maximum absolute atomic E-state index is 12.3. The molecule has 1 aromatic heterocycles. The minimum absolute atomic E-state index is 0.0418. The lowest BCUT2D eigenvalue weighted by atomic mass is 9.92. The van der Waals surface area contributed by atoms with E-state index in [0.717, 1.165) is 35.8 Å². The van der Waals surface area contributed by atoms with Crippen molar-refractivity contribution < 1.29 is 9.53 Å². The number of likely N-dealkylation sites (N-methyl/N-ethyl adjacent to an activating group) is 1. The van der Waals surface area contributed by atoms with E-state index in [1.165, 1.54) is 6.33 Å². The summed E-state index contributed by atoms with van der Waals surface area (Å²) < 4.78 is 5.94. The van der Waals surface area contributed by atoms with Crippen LogP contribution in [0.5, 0.6) is 0 Å². The van der Waals surface area contributed by atoms with Crippen molar-refractivity contribution in [3.05, 3.63) is 48.1 Å². The van der Waals surface area contributed by atoms with Crippen molar-refractivity contribution >= 4 is 17.3 Å². The zero-order valence-corrected chi connectivity index (χ0v) is 17.4. The molecule has 8 heteroatoms. The molecular weight excluding hydrogens is 368 g/mol. The number of carbonyl (C=O) groups is 1. The Balaban J connectivity index is 1.81. The van der Waals surface area contributed by atoms with Crippen molar-refractivity contribution in [3.63, 3.8) is 0 Å². The summed E-state index contributed by atoms with van der Waals surface area (Å²) >= 11 is 0. The summed E-state index contributed by atoms with van der Waals surface area (Å²) in [5, 5.41) is 0. The molecule has 1 aliphatic heterocycles. The Labute approximate surface area is 172 Å². The lowest BCUT2D eigenvalue weighted by molar-refractivity contribution is -0.130. The number of amides is 1. The van der Waals surface area contributed by atoms with Crippen molar-refractivity contribution in [2.45, 2.75) is 39.4 Å². The van der Waals surface area contributed by atoms with Crippen molar-refractivity contribution in [2.75, 3.05) is 31.1 Å². The third-order valence-electron chi connectivity index (χ3n) is 5.16. The van der Waals surface area contributed by atoms with Gasteiger partial charge in [0, 0.05) is 32.1 Å². The van der Waals surface area contributed by atoms with E-state index in [1.54, 1.807) is 0 Å². The maximum Gasteiger partial charge on any atom is 0.242 e. The molecule has 1 amide bonds. The zero-order chi connectivity index (χ0) is 21.0. The number of allylic oxidation sites excluding steroid dienone is 2. The molecule has 1 aromatic rings. The fourth-order valence-corrected chi connectivity index (χ4v) is 3.63. The number of nitrogens with one attached hydrogen (secondary N) is 1. The predicted molar refractivity (Wildman–Crippen MR) is 114 cm³/mol. The van der Waals surface area contributed by atoms with Crippen LogP contribution in [-0.2, 0) is 9.53 Å². The summed E-state index contributed by atoms with van der Waals surface area (Å²) in [6, 6.07) is 1.88. The SMILES string of the molecule is C=C(C1=C(NN)C=C[C@H](OC(C)C)C1)c1cc(N2CCN(CC)C(=O)C2)ncn1. The van der Waals surface area contributed by atoms with Crippen LogP contribution in [0.25, 0.3) is 5.57 Å². The number of ether oxygens (including phenoxy) is 1. The van der Waals surface area contributed by atoms with Gasteiger partial charge in [-0.1, -0.05) is 12.7 Å². The number of hydrazine groups is 1. The van der Waals surface area contributed by atoms with Gasteiger partial charge in [-0.2, -0.15) is 0 Å². The predicted octanol–water partition coefficient (Wildman–Crippen LogP) is 1.63. The zero-order valence-electron chi connectivity index (χ0n) is 17.4. The highest BCUT2D eigenvalue weighted by atomic mass is 16.5. The van der Waals surface area contributed by atoms with E-state index in [0.29, 0.717) is 25.2 Å². The van der Waals surface area contributed by atoms with Crippen molar-refractivity contribution in [2.24, 2.45) is 5.84 Å². The minimum atomic E-state index is -0.0418. The molecular formula is C21H30N6O2. The Morgan fingerprint density at radius 1 is 1.41 bits per heavy atom. The Bertz CT molecular complexity index is 832. The van der Waals surface area contributed by atoms with E-state index < -0.39 is 0 Å². The quantitative estimate of drug-likeness (QED) is 0.532. The molecule has 0 bridgehead atoms. The molecule has 1 aliphatic carbocycles. The van der Waals surface area contributed by atoms with Crippen LogP contribution in [0.1, 0.15) is 32.9 Å². The Morgan fingerprint density at radius 3 is 2.86 bits per heavy atom. The molecule has 1 saturated heterocycles. The molecule has 0 spiro atoms. The van der Waals surface area contributed by atoms with Crippen LogP contribution < -0.4 is 16.2 Å². The molecule has 0 saturated carbocycles. The minimum Gasteiger partial charge on any atom is -0.371 e. The first-order chi connectivity index (χ1) is 13.9. The van der Waals surface area contributed by atoms with Gasteiger partial charge in [0.05, 0.1) is 30.1 Å². The van der Waals surface area contributed by atoms with Gasteiger partial charge in [-0.15, -0.1) is 0 Å². The number of hydrogen-bond acceptors (Lipinski definition) is 7. The van der Waals surface area contributed by atoms with Gasteiger partial charge in [-0.3, -0.25) is 10.6 Å². The third-order valence-corrected chi connectivity index (χ3v) is 5.16. The summed E-state index contributed by atoms with van der Waals surface area (Å²) in [6.45, 7) is 12.8. The van der Waals surface area contributed by atoms with Crippen LogP contribution in [0.15, 0.2) is 42.4 Å². The van der Waals surface area contributed by atoms with Gasteiger partial charge < -0.3 is 20.0 Å². The Kier molecular flexibility index (Phi) is 6.66.